The van der Waals surface area contributed by atoms with Gasteiger partial charge in [-0.3, -0.25) is 0 Å². The molecule has 0 N–H and O–H groups in total. The van der Waals surface area contributed by atoms with E-state index in [1.54, 1.807) is 0 Å². The third-order valence-corrected chi connectivity index (χ3v) is 13.7. The molecular weight excluding hydrogens is 725 g/mol. The number of aryl methyl sites for hydroxylation is 2. The summed E-state index contributed by atoms with van der Waals surface area (Å²) in [5, 5.41) is 0. The molecule has 3 aliphatic rings. The lowest BCUT2D eigenvalue weighted by molar-refractivity contribution is 0.563. The van der Waals surface area contributed by atoms with E-state index in [-0.39, 0.29) is 5.41 Å². The molecule has 3 aliphatic carbocycles. The molecule has 12 rings (SSSR count). The predicted molar refractivity (Wildman–Crippen MR) is 246 cm³/mol. The van der Waals surface area contributed by atoms with Gasteiger partial charge in [-0.05, 0) is 109 Å². The van der Waals surface area contributed by atoms with Crippen molar-refractivity contribution in [2.45, 2.75) is 37.5 Å². The zero-order valence-electron chi connectivity index (χ0n) is 33.8. The molecule has 1 spiro atoms. The Labute approximate surface area is 351 Å². The fourth-order valence-electron chi connectivity index (χ4n) is 10.8. The first-order chi connectivity index (χ1) is 29.5. The van der Waals surface area contributed by atoms with Crippen LogP contribution in [0.25, 0.3) is 67.3 Å². The lowest BCUT2D eigenvalue weighted by atomic mass is 9.55. The van der Waals surface area contributed by atoms with Crippen LogP contribution in [-0.2, 0) is 23.7 Å². The third-order valence-electron chi connectivity index (χ3n) is 13.7. The van der Waals surface area contributed by atoms with Crippen molar-refractivity contribution in [3.63, 3.8) is 0 Å². The molecule has 0 fully saturated rings. The van der Waals surface area contributed by atoms with Gasteiger partial charge in [0.05, 0.1) is 16.8 Å². The largest absolute Gasteiger partial charge is 0.228 e. The zero-order valence-corrected chi connectivity index (χ0v) is 33.8. The summed E-state index contributed by atoms with van der Waals surface area (Å²) in [6.07, 6.45) is 2.06. The van der Waals surface area contributed by atoms with Gasteiger partial charge in [0.2, 0.25) is 0 Å². The summed E-state index contributed by atoms with van der Waals surface area (Å²) < 4.78 is 0. The first-order valence-electron chi connectivity index (χ1n) is 21.2. The first kappa shape index (κ1) is 34.8. The molecule has 1 aromatic heterocycles. The minimum atomic E-state index is -0.481. The Balaban J connectivity index is 1.08. The topological polar surface area (TPSA) is 25.8 Å². The van der Waals surface area contributed by atoms with Crippen LogP contribution in [-0.4, -0.2) is 9.97 Å². The van der Waals surface area contributed by atoms with Crippen molar-refractivity contribution in [1.29, 1.82) is 0 Å². The molecule has 0 amide bonds. The fraction of sp³-hybridized carbons (Fsp3) is 0.103. The van der Waals surface area contributed by atoms with Crippen LogP contribution >= 0.6 is 0 Å². The van der Waals surface area contributed by atoms with Gasteiger partial charge < -0.3 is 0 Å². The van der Waals surface area contributed by atoms with Crippen LogP contribution in [0.2, 0.25) is 0 Å². The van der Waals surface area contributed by atoms with Gasteiger partial charge in [0, 0.05) is 22.1 Å². The van der Waals surface area contributed by atoms with Crippen LogP contribution in [0.3, 0.4) is 0 Å². The summed E-state index contributed by atoms with van der Waals surface area (Å²) in [4.78, 5) is 10.8. The average Bonchev–Trinajstić information content (AvgIpc) is 3.61. The highest BCUT2D eigenvalue weighted by Gasteiger charge is 2.53. The molecule has 284 valence electrons. The lowest BCUT2D eigenvalue weighted by Gasteiger charge is -2.46. The van der Waals surface area contributed by atoms with E-state index in [2.05, 4.69) is 208 Å². The number of rotatable bonds is 4. The highest BCUT2D eigenvalue weighted by atomic mass is 14.9. The molecule has 0 aliphatic heterocycles. The number of hydrogen-bond donors (Lipinski definition) is 0. The Hall–Kier alpha value is -7.16. The molecule has 0 radical (unpaired) electrons. The van der Waals surface area contributed by atoms with Crippen LogP contribution in [0, 0.1) is 0 Å². The number of nitrogens with zero attached hydrogens (tertiary/aromatic N) is 2. The molecule has 0 saturated heterocycles. The van der Waals surface area contributed by atoms with Gasteiger partial charge in [-0.1, -0.05) is 190 Å². The number of hydrogen-bond acceptors (Lipinski definition) is 2. The van der Waals surface area contributed by atoms with E-state index in [4.69, 9.17) is 9.97 Å². The molecular formula is C58H42N2. The highest BCUT2D eigenvalue weighted by molar-refractivity contribution is 5.89. The van der Waals surface area contributed by atoms with Crippen molar-refractivity contribution in [2.24, 2.45) is 0 Å². The van der Waals surface area contributed by atoms with Crippen LogP contribution < -0.4 is 0 Å². The number of aromatic nitrogens is 2. The summed E-state index contributed by atoms with van der Waals surface area (Å²) in [5.41, 5.74) is 22.9. The monoisotopic (exact) mass is 766 g/mol. The number of fused-ring (bicyclic) bond motifs is 12. The van der Waals surface area contributed by atoms with Crippen molar-refractivity contribution >= 4 is 0 Å². The lowest BCUT2D eigenvalue weighted by Crippen LogP contribution is -2.40. The molecule has 0 saturated carbocycles. The SMILES string of the molecule is CC1(C)c2ccccc2C2(c3ccccc3-c3ccccc32)c2cc(-c3cc(-c4ccc5c(c4)CCc4ccccc4-5)nc(-c4ccc(-c5ccccc5)cc4)n3)ccc21. The zero-order chi connectivity index (χ0) is 40.0. The molecule has 0 bridgehead atoms. The van der Waals surface area contributed by atoms with Crippen molar-refractivity contribution < 1.29 is 0 Å². The third kappa shape index (κ3) is 5.07. The molecule has 60 heavy (non-hydrogen) atoms. The summed E-state index contributed by atoms with van der Waals surface area (Å²) in [5.74, 6) is 0.722. The average molecular weight is 767 g/mol. The van der Waals surface area contributed by atoms with Crippen molar-refractivity contribution in [2.75, 3.05) is 0 Å². The first-order valence-corrected chi connectivity index (χ1v) is 21.2. The van der Waals surface area contributed by atoms with E-state index in [1.807, 2.05) is 0 Å². The second kappa shape index (κ2) is 13.2. The second-order valence-electron chi connectivity index (χ2n) is 17.2. The van der Waals surface area contributed by atoms with Gasteiger partial charge in [-0.25, -0.2) is 9.97 Å². The molecule has 1 heterocycles. The summed E-state index contributed by atoms with van der Waals surface area (Å²) in [7, 11) is 0. The van der Waals surface area contributed by atoms with Crippen molar-refractivity contribution in [3.8, 4) is 67.3 Å². The van der Waals surface area contributed by atoms with Gasteiger partial charge in [0.25, 0.3) is 0 Å². The summed E-state index contributed by atoms with van der Waals surface area (Å²) >= 11 is 0. The van der Waals surface area contributed by atoms with Gasteiger partial charge in [0.1, 0.15) is 0 Å². The Morgan fingerprint density at radius 1 is 0.333 bits per heavy atom. The minimum Gasteiger partial charge on any atom is -0.228 e. The Morgan fingerprint density at radius 3 is 1.53 bits per heavy atom. The molecule has 2 heteroatoms. The van der Waals surface area contributed by atoms with Crippen molar-refractivity contribution in [1.82, 2.24) is 9.97 Å². The Bertz CT molecular complexity index is 3130. The molecule has 2 nitrogen and oxygen atoms in total. The van der Waals surface area contributed by atoms with E-state index in [0.717, 1.165) is 46.7 Å². The minimum absolute atomic E-state index is 0.216. The summed E-state index contributed by atoms with van der Waals surface area (Å²) in [6.45, 7) is 4.77. The molecule has 0 atom stereocenters. The van der Waals surface area contributed by atoms with Gasteiger partial charge >= 0.3 is 0 Å². The van der Waals surface area contributed by atoms with Crippen LogP contribution in [0.1, 0.15) is 58.4 Å². The molecule has 0 unspecified atom stereocenters. The van der Waals surface area contributed by atoms with Gasteiger partial charge in [0.15, 0.2) is 5.82 Å². The van der Waals surface area contributed by atoms with E-state index < -0.39 is 5.41 Å². The maximum absolute atomic E-state index is 5.44. The van der Waals surface area contributed by atoms with Gasteiger partial charge in [-0.2, -0.15) is 0 Å². The Morgan fingerprint density at radius 2 is 0.817 bits per heavy atom. The maximum Gasteiger partial charge on any atom is 0.160 e. The van der Waals surface area contributed by atoms with E-state index in [1.165, 1.54) is 77.9 Å². The molecule has 9 aromatic rings. The molecule has 8 aromatic carbocycles. The fourth-order valence-corrected chi connectivity index (χ4v) is 10.8. The summed E-state index contributed by atoms with van der Waals surface area (Å²) in [6, 6.07) is 71.6. The van der Waals surface area contributed by atoms with Crippen LogP contribution in [0.5, 0.6) is 0 Å². The quantitative estimate of drug-likeness (QED) is 0.178. The highest BCUT2D eigenvalue weighted by Crippen LogP contribution is 2.62. The maximum atomic E-state index is 5.44. The van der Waals surface area contributed by atoms with E-state index in [9.17, 15) is 0 Å². The predicted octanol–water partition coefficient (Wildman–Crippen LogP) is 13.9. The van der Waals surface area contributed by atoms with E-state index >= 15 is 0 Å². The second-order valence-corrected chi connectivity index (χ2v) is 17.2. The van der Waals surface area contributed by atoms with Crippen LogP contribution in [0.15, 0.2) is 194 Å². The van der Waals surface area contributed by atoms with Crippen LogP contribution in [0.4, 0.5) is 0 Å². The normalized spacial score (nSPS) is 14.6. The smallest absolute Gasteiger partial charge is 0.160 e. The van der Waals surface area contributed by atoms with Crippen molar-refractivity contribution in [3.05, 3.63) is 239 Å². The standard InChI is InChI=1S/C58H42N2/c1-57(2)50-22-12-13-23-52(50)58(48-20-10-8-18-46(48)47-19-9-11-21-49(47)58)53-35-43(31-33-51(53)57)55-36-54(42-30-32-45-41(34-42)29-26-39-16-6-7-17-44(39)45)59-56(60-55)40-27-24-38(25-28-40)37-14-4-3-5-15-37/h3-25,27-28,30-36H,26,29H2,1-2H3. The van der Waals surface area contributed by atoms with Gasteiger partial charge in [-0.15, -0.1) is 0 Å². The number of benzene rings is 8. The van der Waals surface area contributed by atoms with E-state index in [0.29, 0.717) is 0 Å². The Kier molecular flexibility index (Phi) is 7.65.